The van der Waals surface area contributed by atoms with Crippen molar-refractivity contribution in [2.45, 2.75) is 58.4 Å². The summed E-state index contributed by atoms with van der Waals surface area (Å²) in [6.07, 6.45) is 5.04. The number of nitrogen functional groups attached to an aromatic ring is 1. The first-order valence-electron chi connectivity index (χ1n) is 12.3. The summed E-state index contributed by atoms with van der Waals surface area (Å²) >= 11 is 0. The topological polar surface area (TPSA) is 126 Å². The lowest BCUT2D eigenvalue weighted by molar-refractivity contribution is 0.102. The maximum Gasteiger partial charge on any atom is 0.407 e. The van der Waals surface area contributed by atoms with E-state index in [4.69, 9.17) is 10.8 Å². The number of nitrogens with zero attached hydrogens (tertiary/aromatic N) is 4. The number of carbonyl (C=O) groups is 2. The van der Waals surface area contributed by atoms with Gasteiger partial charge in [0.25, 0.3) is 5.91 Å². The molecule has 4 N–H and O–H groups in total. The standard InChI is InChI=1S/C27H34N6O3/c1-5-17-7-6-8-19(13-17)30-25(34)21-14-18(15-29-24(21)28)22-16-33(31-23(22)27(2,3)4)20-9-11-32(12-10-20)26(35)36/h6-8,13-16,20H,5,9-12H2,1-4H3,(H2,28,29)(H,30,34)(H,35,36). The van der Waals surface area contributed by atoms with Crippen molar-refractivity contribution in [2.24, 2.45) is 0 Å². The highest BCUT2D eigenvalue weighted by atomic mass is 16.4. The summed E-state index contributed by atoms with van der Waals surface area (Å²) in [6, 6.07) is 9.60. The van der Waals surface area contributed by atoms with E-state index < -0.39 is 6.09 Å². The molecule has 0 spiro atoms. The Hall–Kier alpha value is -3.88. The number of likely N-dealkylation sites (tertiary alicyclic amines) is 1. The molecular formula is C27H34N6O3. The Morgan fingerprint density at radius 1 is 1.19 bits per heavy atom. The molecule has 190 valence electrons. The summed E-state index contributed by atoms with van der Waals surface area (Å²) in [5.41, 5.74) is 10.5. The molecule has 0 aliphatic carbocycles. The van der Waals surface area contributed by atoms with Gasteiger partial charge in [-0.3, -0.25) is 9.48 Å². The summed E-state index contributed by atoms with van der Waals surface area (Å²) in [4.78, 5) is 30.2. The van der Waals surface area contributed by atoms with Crippen molar-refractivity contribution in [2.75, 3.05) is 24.1 Å². The first kappa shape index (κ1) is 25.2. The van der Waals surface area contributed by atoms with Crippen LogP contribution in [0.1, 0.15) is 68.2 Å². The molecule has 9 nitrogen and oxygen atoms in total. The van der Waals surface area contributed by atoms with Crippen LogP contribution in [-0.2, 0) is 11.8 Å². The van der Waals surface area contributed by atoms with Gasteiger partial charge in [0, 0.05) is 47.7 Å². The third-order valence-electron chi connectivity index (χ3n) is 6.62. The molecule has 36 heavy (non-hydrogen) atoms. The molecule has 0 atom stereocenters. The van der Waals surface area contributed by atoms with E-state index in [-0.39, 0.29) is 23.2 Å². The van der Waals surface area contributed by atoms with E-state index in [9.17, 15) is 14.7 Å². The first-order chi connectivity index (χ1) is 17.1. The van der Waals surface area contributed by atoms with E-state index in [0.29, 0.717) is 37.2 Å². The zero-order valence-electron chi connectivity index (χ0n) is 21.3. The smallest absolute Gasteiger partial charge is 0.407 e. The summed E-state index contributed by atoms with van der Waals surface area (Å²) in [5.74, 6) is -0.158. The van der Waals surface area contributed by atoms with Crippen molar-refractivity contribution in [1.82, 2.24) is 19.7 Å². The number of benzene rings is 1. The quantitative estimate of drug-likeness (QED) is 0.464. The van der Waals surface area contributed by atoms with E-state index in [1.807, 2.05) is 35.1 Å². The maximum absolute atomic E-state index is 13.1. The molecule has 0 radical (unpaired) electrons. The van der Waals surface area contributed by atoms with Gasteiger partial charge in [-0.1, -0.05) is 39.8 Å². The number of aryl methyl sites for hydroxylation is 1. The molecule has 3 aromatic rings. The molecule has 1 aromatic carbocycles. The van der Waals surface area contributed by atoms with Gasteiger partial charge < -0.3 is 21.1 Å². The molecule has 0 bridgehead atoms. The maximum atomic E-state index is 13.1. The number of amides is 2. The molecule has 1 saturated heterocycles. The average molecular weight is 491 g/mol. The number of nitrogens with two attached hydrogens (primary N) is 1. The average Bonchev–Trinajstić information content (AvgIpc) is 3.31. The Morgan fingerprint density at radius 3 is 2.56 bits per heavy atom. The molecule has 1 aliphatic rings. The highest BCUT2D eigenvalue weighted by molar-refractivity contribution is 6.07. The molecule has 3 heterocycles. The van der Waals surface area contributed by atoms with Crippen molar-refractivity contribution in [3.8, 4) is 11.1 Å². The number of aromatic nitrogens is 3. The van der Waals surface area contributed by atoms with Crippen molar-refractivity contribution < 1.29 is 14.7 Å². The van der Waals surface area contributed by atoms with Crippen LogP contribution in [0.15, 0.2) is 42.7 Å². The molecular weight excluding hydrogens is 456 g/mol. The fourth-order valence-corrected chi connectivity index (χ4v) is 4.54. The first-order valence-corrected chi connectivity index (χ1v) is 12.3. The van der Waals surface area contributed by atoms with Crippen molar-refractivity contribution in [1.29, 1.82) is 0 Å². The lowest BCUT2D eigenvalue weighted by Gasteiger charge is -2.30. The minimum absolute atomic E-state index is 0.103. The molecule has 0 saturated carbocycles. The van der Waals surface area contributed by atoms with Gasteiger partial charge >= 0.3 is 6.09 Å². The SMILES string of the molecule is CCc1cccc(NC(=O)c2cc(-c3cn(C4CCN(C(=O)O)CC4)nc3C(C)(C)C)cnc2N)c1. The van der Waals surface area contributed by atoms with E-state index in [0.717, 1.165) is 28.8 Å². The molecule has 1 aliphatic heterocycles. The number of carboxylic acid groups (broad SMARTS) is 1. The van der Waals surface area contributed by atoms with Gasteiger partial charge in [0.2, 0.25) is 0 Å². The van der Waals surface area contributed by atoms with Crippen LogP contribution in [0.25, 0.3) is 11.1 Å². The molecule has 2 amide bonds. The fourth-order valence-electron chi connectivity index (χ4n) is 4.54. The number of anilines is 2. The number of hydrogen-bond acceptors (Lipinski definition) is 5. The van der Waals surface area contributed by atoms with Crippen LogP contribution >= 0.6 is 0 Å². The van der Waals surface area contributed by atoms with Crippen LogP contribution in [0.2, 0.25) is 0 Å². The fraction of sp³-hybridized carbons (Fsp3) is 0.407. The van der Waals surface area contributed by atoms with Crippen molar-refractivity contribution in [3.63, 3.8) is 0 Å². The highest BCUT2D eigenvalue weighted by Crippen LogP contribution is 2.35. The number of pyridine rings is 1. The largest absolute Gasteiger partial charge is 0.465 e. The van der Waals surface area contributed by atoms with Gasteiger partial charge in [0.1, 0.15) is 5.82 Å². The third kappa shape index (κ3) is 5.35. The van der Waals surface area contributed by atoms with Crippen LogP contribution in [0, 0.1) is 0 Å². The number of hydrogen-bond donors (Lipinski definition) is 3. The summed E-state index contributed by atoms with van der Waals surface area (Å²) in [6.45, 7) is 9.30. The van der Waals surface area contributed by atoms with Gasteiger partial charge in [-0.15, -0.1) is 0 Å². The minimum atomic E-state index is -0.884. The van der Waals surface area contributed by atoms with Gasteiger partial charge in [-0.2, -0.15) is 5.10 Å². The Kier molecular flexibility index (Phi) is 7.01. The Bertz CT molecular complexity index is 1270. The molecule has 0 unspecified atom stereocenters. The van der Waals surface area contributed by atoms with E-state index >= 15 is 0 Å². The predicted octanol–water partition coefficient (Wildman–Crippen LogP) is 4.95. The van der Waals surface area contributed by atoms with Crippen LogP contribution in [0.5, 0.6) is 0 Å². The summed E-state index contributed by atoms with van der Waals surface area (Å²) in [5, 5.41) is 17.1. The monoisotopic (exact) mass is 490 g/mol. The van der Waals surface area contributed by atoms with Crippen molar-refractivity contribution >= 4 is 23.5 Å². The zero-order valence-corrected chi connectivity index (χ0v) is 21.3. The second-order valence-corrected chi connectivity index (χ2v) is 10.3. The van der Waals surface area contributed by atoms with Crippen molar-refractivity contribution in [3.05, 3.63) is 59.5 Å². The van der Waals surface area contributed by atoms with Gasteiger partial charge in [-0.05, 0) is 43.0 Å². The molecule has 9 heteroatoms. The number of piperidine rings is 1. The third-order valence-corrected chi connectivity index (χ3v) is 6.62. The second kappa shape index (κ2) is 10.0. The van der Waals surface area contributed by atoms with Crippen LogP contribution < -0.4 is 11.1 Å². The van der Waals surface area contributed by atoms with Crippen LogP contribution in [-0.4, -0.2) is 49.9 Å². The van der Waals surface area contributed by atoms with Gasteiger partial charge in [0.05, 0.1) is 17.3 Å². The number of rotatable bonds is 5. The molecule has 4 rings (SSSR count). The van der Waals surface area contributed by atoms with E-state index in [2.05, 4.69) is 38.0 Å². The lowest BCUT2D eigenvalue weighted by atomic mass is 9.87. The molecule has 1 fully saturated rings. The highest BCUT2D eigenvalue weighted by Gasteiger charge is 2.29. The Balaban J connectivity index is 1.65. The van der Waals surface area contributed by atoms with E-state index in [1.54, 1.807) is 12.3 Å². The second-order valence-electron chi connectivity index (χ2n) is 10.3. The summed E-state index contributed by atoms with van der Waals surface area (Å²) < 4.78 is 1.95. The molecule has 2 aromatic heterocycles. The number of nitrogens with one attached hydrogen (secondary N) is 1. The van der Waals surface area contributed by atoms with E-state index in [1.165, 1.54) is 4.90 Å². The lowest BCUT2D eigenvalue weighted by Crippen LogP contribution is -2.38. The van der Waals surface area contributed by atoms with Crippen LogP contribution in [0.4, 0.5) is 16.3 Å². The zero-order chi connectivity index (χ0) is 26.0. The van der Waals surface area contributed by atoms with Gasteiger partial charge in [-0.25, -0.2) is 9.78 Å². The minimum Gasteiger partial charge on any atom is -0.465 e. The van der Waals surface area contributed by atoms with Crippen LogP contribution in [0.3, 0.4) is 0 Å². The Labute approximate surface area is 211 Å². The normalized spacial score (nSPS) is 14.6. The predicted molar refractivity (Wildman–Crippen MR) is 140 cm³/mol. The Morgan fingerprint density at radius 2 is 1.92 bits per heavy atom. The number of carbonyl (C=O) groups excluding carboxylic acids is 1. The summed E-state index contributed by atoms with van der Waals surface area (Å²) in [7, 11) is 0. The van der Waals surface area contributed by atoms with Gasteiger partial charge in [0.15, 0.2) is 0 Å².